The number of hydrogen-bond acceptors (Lipinski definition) is 6. The molecule has 0 aliphatic carbocycles. The van der Waals surface area contributed by atoms with Gasteiger partial charge in [0.2, 0.25) is 0 Å². The number of aromatic nitrogens is 5. The standard InChI is InChI=1S/C17H19N7O/c1-23(16-13-2-5-20-15(13)21-11-22-16)12-3-8-24(9-4-12)17(25)14-10-18-6-7-19-14/h2,5-7,10-12H,3-4,8-9H2,1H3,(H,20,21,22). The maximum atomic E-state index is 12.5. The largest absolute Gasteiger partial charge is 0.356 e. The first-order valence-corrected chi connectivity index (χ1v) is 8.30. The van der Waals surface area contributed by atoms with E-state index < -0.39 is 0 Å². The van der Waals surface area contributed by atoms with Crippen LogP contribution >= 0.6 is 0 Å². The molecule has 1 N–H and O–H groups in total. The molecule has 1 saturated heterocycles. The van der Waals surface area contributed by atoms with Gasteiger partial charge in [-0.3, -0.25) is 9.78 Å². The van der Waals surface area contributed by atoms with E-state index in [0.29, 0.717) is 24.8 Å². The topological polar surface area (TPSA) is 90.9 Å². The van der Waals surface area contributed by atoms with E-state index in [9.17, 15) is 4.79 Å². The number of likely N-dealkylation sites (tertiary alicyclic amines) is 1. The monoisotopic (exact) mass is 337 g/mol. The second-order valence-electron chi connectivity index (χ2n) is 6.16. The summed E-state index contributed by atoms with van der Waals surface area (Å²) in [7, 11) is 2.06. The van der Waals surface area contributed by atoms with E-state index in [4.69, 9.17) is 0 Å². The summed E-state index contributed by atoms with van der Waals surface area (Å²) in [5.41, 5.74) is 1.24. The van der Waals surface area contributed by atoms with Crippen molar-refractivity contribution in [3.63, 3.8) is 0 Å². The highest BCUT2D eigenvalue weighted by Crippen LogP contribution is 2.26. The Kier molecular flexibility index (Phi) is 4.01. The number of carbonyl (C=O) groups excluding carboxylic acids is 1. The lowest BCUT2D eigenvalue weighted by atomic mass is 10.0. The molecule has 1 aliphatic heterocycles. The second kappa shape index (κ2) is 6.46. The zero-order valence-corrected chi connectivity index (χ0v) is 14.0. The van der Waals surface area contributed by atoms with Crippen LogP contribution in [0.5, 0.6) is 0 Å². The molecule has 1 fully saturated rings. The fourth-order valence-corrected chi connectivity index (χ4v) is 3.34. The molecule has 0 saturated carbocycles. The number of carbonyl (C=O) groups is 1. The number of anilines is 1. The minimum Gasteiger partial charge on any atom is -0.356 e. The van der Waals surface area contributed by atoms with E-state index in [0.717, 1.165) is 29.7 Å². The molecule has 0 radical (unpaired) electrons. The third-order valence-electron chi connectivity index (χ3n) is 4.75. The molecule has 4 heterocycles. The number of aromatic amines is 1. The van der Waals surface area contributed by atoms with Gasteiger partial charge >= 0.3 is 0 Å². The summed E-state index contributed by atoms with van der Waals surface area (Å²) >= 11 is 0. The van der Waals surface area contributed by atoms with Gasteiger partial charge in [-0.1, -0.05) is 0 Å². The highest BCUT2D eigenvalue weighted by molar-refractivity contribution is 5.92. The lowest BCUT2D eigenvalue weighted by Gasteiger charge is -2.37. The summed E-state index contributed by atoms with van der Waals surface area (Å²) in [6, 6.07) is 2.33. The molecule has 3 aromatic rings. The Morgan fingerprint density at radius 2 is 2.08 bits per heavy atom. The zero-order valence-electron chi connectivity index (χ0n) is 14.0. The molecule has 1 amide bonds. The Morgan fingerprint density at radius 3 is 2.84 bits per heavy atom. The first-order chi connectivity index (χ1) is 12.2. The van der Waals surface area contributed by atoms with Crippen molar-refractivity contribution in [2.75, 3.05) is 25.0 Å². The molecule has 8 heteroatoms. The zero-order chi connectivity index (χ0) is 17.2. The minimum atomic E-state index is -0.0516. The van der Waals surface area contributed by atoms with Crippen LogP contribution in [0.15, 0.2) is 37.2 Å². The van der Waals surface area contributed by atoms with E-state index in [2.05, 4.69) is 36.9 Å². The average Bonchev–Trinajstić information content (AvgIpc) is 3.16. The number of H-pyrrole nitrogens is 1. The van der Waals surface area contributed by atoms with E-state index in [1.807, 2.05) is 17.2 Å². The molecule has 0 bridgehead atoms. The average molecular weight is 337 g/mol. The van der Waals surface area contributed by atoms with Gasteiger partial charge in [0, 0.05) is 44.8 Å². The summed E-state index contributed by atoms with van der Waals surface area (Å²) < 4.78 is 0. The molecule has 128 valence electrons. The van der Waals surface area contributed by atoms with Crippen LogP contribution in [0.2, 0.25) is 0 Å². The minimum absolute atomic E-state index is 0.0516. The summed E-state index contributed by atoms with van der Waals surface area (Å²) in [6.07, 6.45) is 9.86. The molecule has 0 atom stereocenters. The fourth-order valence-electron chi connectivity index (χ4n) is 3.34. The number of hydrogen-bond donors (Lipinski definition) is 1. The van der Waals surface area contributed by atoms with Crippen LogP contribution in [0.3, 0.4) is 0 Å². The normalized spacial score (nSPS) is 15.5. The number of rotatable bonds is 3. The first-order valence-electron chi connectivity index (χ1n) is 8.30. The lowest BCUT2D eigenvalue weighted by Crippen LogP contribution is -2.46. The van der Waals surface area contributed by atoms with Crippen molar-refractivity contribution in [2.24, 2.45) is 0 Å². The molecule has 25 heavy (non-hydrogen) atoms. The Morgan fingerprint density at radius 1 is 1.24 bits per heavy atom. The first kappa shape index (κ1) is 15.5. The van der Waals surface area contributed by atoms with Gasteiger partial charge in [0.25, 0.3) is 5.91 Å². The van der Waals surface area contributed by atoms with Gasteiger partial charge in [0.15, 0.2) is 0 Å². The predicted octanol–water partition coefficient (Wildman–Crippen LogP) is 1.49. The molecule has 0 unspecified atom stereocenters. The highest BCUT2D eigenvalue weighted by atomic mass is 16.2. The van der Waals surface area contributed by atoms with E-state index in [1.165, 1.54) is 6.20 Å². The van der Waals surface area contributed by atoms with Crippen LogP contribution in [0.4, 0.5) is 5.82 Å². The molecule has 3 aromatic heterocycles. The van der Waals surface area contributed by atoms with Crippen molar-refractivity contribution in [3.8, 4) is 0 Å². The number of nitrogens with one attached hydrogen (secondary N) is 1. The van der Waals surface area contributed by atoms with Gasteiger partial charge in [-0.25, -0.2) is 15.0 Å². The molecule has 4 rings (SSSR count). The van der Waals surface area contributed by atoms with Gasteiger partial charge in [0.05, 0.1) is 11.6 Å². The molecule has 1 aliphatic rings. The molecule has 0 aromatic carbocycles. The van der Waals surface area contributed by atoms with Crippen molar-refractivity contribution in [3.05, 3.63) is 42.9 Å². The van der Waals surface area contributed by atoms with Crippen molar-refractivity contribution >= 4 is 22.8 Å². The molecule has 0 spiro atoms. The van der Waals surface area contributed by atoms with Crippen LogP contribution in [-0.4, -0.2) is 61.9 Å². The van der Waals surface area contributed by atoms with Crippen molar-refractivity contribution in [1.82, 2.24) is 29.8 Å². The van der Waals surface area contributed by atoms with E-state index in [-0.39, 0.29) is 5.91 Å². The number of piperidine rings is 1. The SMILES string of the molecule is CN(c1ncnc2[nH]ccc12)C1CCN(C(=O)c2cnccn2)CC1. The van der Waals surface area contributed by atoms with E-state index >= 15 is 0 Å². The van der Waals surface area contributed by atoms with Crippen LogP contribution in [0, 0.1) is 0 Å². The quantitative estimate of drug-likeness (QED) is 0.779. The maximum absolute atomic E-state index is 12.5. The lowest BCUT2D eigenvalue weighted by molar-refractivity contribution is 0.0707. The van der Waals surface area contributed by atoms with Gasteiger partial charge in [-0.15, -0.1) is 0 Å². The fraction of sp³-hybridized carbons (Fsp3) is 0.353. The smallest absolute Gasteiger partial charge is 0.274 e. The van der Waals surface area contributed by atoms with Crippen molar-refractivity contribution in [2.45, 2.75) is 18.9 Å². The number of nitrogens with zero attached hydrogens (tertiary/aromatic N) is 6. The molecular formula is C17H19N7O. The van der Waals surface area contributed by atoms with Crippen LogP contribution in [0.25, 0.3) is 11.0 Å². The van der Waals surface area contributed by atoms with Crippen molar-refractivity contribution in [1.29, 1.82) is 0 Å². The third-order valence-corrected chi connectivity index (χ3v) is 4.75. The van der Waals surface area contributed by atoms with Crippen LogP contribution < -0.4 is 4.90 Å². The summed E-state index contributed by atoms with van der Waals surface area (Å²) in [5, 5.41) is 1.02. The number of amides is 1. The summed E-state index contributed by atoms with van der Waals surface area (Å²) in [6.45, 7) is 1.40. The second-order valence-corrected chi connectivity index (χ2v) is 6.16. The maximum Gasteiger partial charge on any atom is 0.274 e. The number of fused-ring (bicyclic) bond motifs is 1. The van der Waals surface area contributed by atoms with Crippen LogP contribution in [0.1, 0.15) is 23.3 Å². The summed E-state index contributed by atoms with van der Waals surface area (Å²) in [5.74, 6) is 0.870. The Labute approximate surface area is 144 Å². The highest BCUT2D eigenvalue weighted by Gasteiger charge is 2.27. The molecule has 8 nitrogen and oxygen atoms in total. The van der Waals surface area contributed by atoms with Crippen LogP contribution in [-0.2, 0) is 0 Å². The Hall–Kier alpha value is -3.03. The molecular weight excluding hydrogens is 318 g/mol. The third kappa shape index (κ3) is 2.90. The van der Waals surface area contributed by atoms with Gasteiger partial charge in [-0.2, -0.15) is 0 Å². The predicted molar refractivity (Wildman–Crippen MR) is 93.2 cm³/mol. The Balaban J connectivity index is 1.45. The Bertz CT molecular complexity index is 871. The van der Waals surface area contributed by atoms with Gasteiger partial charge < -0.3 is 14.8 Å². The summed E-state index contributed by atoms with van der Waals surface area (Å²) in [4.78, 5) is 36.4. The van der Waals surface area contributed by atoms with E-state index in [1.54, 1.807) is 18.7 Å². The van der Waals surface area contributed by atoms with Gasteiger partial charge in [0.1, 0.15) is 23.5 Å². The van der Waals surface area contributed by atoms with Gasteiger partial charge in [-0.05, 0) is 18.9 Å². The van der Waals surface area contributed by atoms with Crippen molar-refractivity contribution < 1.29 is 4.79 Å².